The summed E-state index contributed by atoms with van der Waals surface area (Å²) < 4.78 is 1.04. The van der Waals surface area contributed by atoms with Gasteiger partial charge in [0.2, 0.25) is 0 Å². The van der Waals surface area contributed by atoms with Crippen molar-refractivity contribution in [3.8, 4) is 0 Å². The van der Waals surface area contributed by atoms with Gasteiger partial charge < -0.3 is 10.8 Å². The van der Waals surface area contributed by atoms with Crippen molar-refractivity contribution < 1.29 is 5.11 Å². The van der Waals surface area contributed by atoms with E-state index in [1.807, 2.05) is 13.0 Å². The maximum Gasteiger partial charge on any atom is 0.103 e. The Bertz CT molecular complexity index is 253. The van der Waals surface area contributed by atoms with E-state index in [2.05, 4.69) is 15.9 Å². The minimum absolute atomic E-state index is 0.213. The molecule has 0 aliphatic heterocycles. The molecule has 1 heterocycles. The predicted octanol–water partition coefficient (Wildman–Crippen LogP) is 2.20. The second-order valence-corrected chi connectivity index (χ2v) is 5.00. The summed E-state index contributed by atoms with van der Waals surface area (Å²) in [7, 11) is 0. The Balaban J connectivity index is 2.89. The van der Waals surface area contributed by atoms with Gasteiger partial charge in [-0.3, -0.25) is 0 Å². The number of rotatable bonds is 2. The van der Waals surface area contributed by atoms with Gasteiger partial charge in [-0.05, 0) is 35.8 Å². The summed E-state index contributed by atoms with van der Waals surface area (Å²) in [5, 5.41) is 9.60. The van der Waals surface area contributed by atoms with Crippen LogP contribution < -0.4 is 5.73 Å². The fourth-order valence-electron chi connectivity index (χ4n) is 0.886. The number of aliphatic hydroxyl groups excluding tert-OH is 1. The van der Waals surface area contributed by atoms with Crippen molar-refractivity contribution in [1.82, 2.24) is 0 Å². The Kier molecular flexibility index (Phi) is 3.29. The molecule has 0 saturated carbocycles. The van der Waals surface area contributed by atoms with Crippen LogP contribution in [0.4, 0.5) is 0 Å². The number of aliphatic hydroxyl groups is 1. The van der Waals surface area contributed by atoms with E-state index in [1.54, 1.807) is 18.3 Å². The molecule has 2 atom stereocenters. The minimum atomic E-state index is -0.542. The molecule has 0 amide bonds. The Morgan fingerprint density at radius 1 is 1.67 bits per heavy atom. The van der Waals surface area contributed by atoms with E-state index in [4.69, 9.17) is 5.73 Å². The van der Waals surface area contributed by atoms with E-state index in [-0.39, 0.29) is 6.04 Å². The standard InChI is InChI=1S/C8H12BrNOS/c1-4(10)8(11)7-3-6(9)5(2)12-7/h3-4,8,11H,10H2,1-2H3. The third-order valence-corrected chi connectivity index (χ3v) is 3.87. The maximum absolute atomic E-state index is 9.60. The first kappa shape index (κ1) is 10.2. The van der Waals surface area contributed by atoms with Crippen LogP contribution in [0.5, 0.6) is 0 Å². The van der Waals surface area contributed by atoms with Crippen LogP contribution in [0.1, 0.15) is 22.8 Å². The fraction of sp³-hybridized carbons (Fsp3) is 0.500. The lowest BCUT2D eigenvalue weighted by molar-refractivity contribution is 0.157. The van der Waals surface area contributed by atoms with Gasteiger partial charge >= 0.3 is 0 Å². The van der Waals surface area contributed by atoms with Gasteiger partial charge in [-0.1, -0.05) is 0 Å². The molecule has 4 heteroatoms. The van der Waals surface area contributed by atoms with Gasteiger partial charge in [0.1, 0.15) is 6.10 Å². The van der Waals surface area contributed by atoms with E-state index in [1.165, 1.54) is 4.88 Å². The molecule has 2 nitrogen and oxygen atoms in total. The van der Waals surface area contributed by atoms with E-state index < -0.39 is 6.10 Å². The number of aryl methyl sites for hydroxylation is 1. The van der Waals surface area contributed by atoms with Crippen LogP contribution in [0, 0.1) is 6.92 Å². The molecule has 2 unspecified atom stereocenters. The molecule has 0 fully saturated rings. The summed E-state index contributed by atoms with van der Waals surface area (Å²) in [6.45, 7) is 3.81. The lowest BCUT2D eigenvalue weighted by Crippen LogP contribution is -2.23. The van der Waals surface area contributed by atoms with Crippen molar-refractivity contribution in [2.24, 2.45) is 5.73 Å². The van der Waals surface area contributed by atoms with Gasteiger partial charge in [-0.15, -0.1) is 11.3 Å². The summed E-state index contributed by atoms with van der Waals surface area (Å²) in [5.74, 6) is 0. The predicted molar refractivity (Wildman–Crippen MR) is 55.4 cm³/mol. The summed E-state index contributed by atoms with van der Waals surface area (Å²) in [4.78, 5) is 2.10. The van der Waals surface area contributed by atoms with E-state index in [0.29, 0.717) is 0 Å². The molecule has 12 heavy (non-hydrogen) atoms. The molecular formula is C8H12BrNOS. The SMILES string of the molecule is Cc1sc(C(O)C(C)N)cc1Br. The Morgan fingerprint density at radius 3 is 2.58 bits per heavy atom. The second-order valence-electron chi connectivity index (χ2n) is 2.86. The van der Waals surface area contributed by atoms with Crippen LogP contribution in [-0.4, -0.2) is 11.1 Å². The molecule has 0 spiro atoms. The smallest absolute Gasteiger partial charge is 0.103 e. The Labute approximate surface area is 84.5 Å². The highest BCUT2D eigenvalue weighted by Gasteiger charge is 2.15. The molecule has 0 aliphatic carbocycles. The maximum atomic E-state index is 9.60. The van der Waals surface area contributed by atoms with Crippen LogP contribution in [-0.2, 0) is 0 Å². The van der Waals surface area contributed by atoms with E-state index in [9.17, 15) is 5.11 Å². The van der Waals surface area contributed by atoms with Gasteiger partial charge in [0.25, 0.3) is 0 Å². The Hall–Kier alpha value is 0.100. The zero-order chi connectivity index (χ0) is 9.30. The highest BCUT2D eigenvalue weighted by Crippen LogP contribution is 2.31. The fourth-order valence-corrected chi connectivity index (χ4v) is 2.55. The van der Waals surface area contributed by atoms with Gasteiger partial charge in [-0.2, -0.15) is 0 Å². The van der Waals surface area contributed by atoms with Crippen LogP contribution in [0.15, 0.2) is 10.5 Å². The summed E-state index contributed by atoms with van der Waals surface area (Å²) >= 11 is 4.97. The molecular weight excluding hydrogens is 238 g/mol. The molecule has 1 aromatic rings. The van der Waals surface area contributed by atoms with Gasteiger partial charge in [0, 0.05) is 20.3 Å². The molecule has 0 saturated heterocycles. The van der Waals surface area contributed by atoms with Crippen molar-refractivity contribution in [1.29, 1.82) is 0 Å². The molecule has 0 aromatic carbocycles. The quantitative estimate of drug-likeness (QED) is 0.845. The van der Waals surface area contributed by atoms with Crippen LogP contribution in [0.3, 0.4) is 0 Å². The average molecular weight is 250 g/mol. The zero-order valence-electron chi connectivity index (χ0n) is 7.04. The van der Waals surface area contributed by atoms with E-state index in [0.717, 1.165) is 9.35 Å². The number of hydrogen-bond donors (Lipinski definition) is 2. The van der Waals surface area contributed by atoms with Crippen molar-refractivity contribution in [2.45, 2.75) is 26.0 Å². The normalized spacial score (nSPS) is 16.1. The van der Waals surface area contributed by atoms with Crippen molar-refractivity contribution in [3.63, 3.8) is 0 Å². The minimum Gasteiger partial charge on any atom is -0.386 e. The number of halogens is 1. The summed E-state index contributed by atoms with van der Waals surface area (Å²) in [6, 6.07) is 1.71. The van der Waals surface area contributed by atoms with E-state index >= 15 is 0 Å². The average Bonchev–Trinajstić information content (AvgIpc) is 2.30. The van der Waals surface area contributed by atoms with Gasteiger partial charge in [-0.25, -0.2) is 0 Å². The van der Waals surface area contributed by atoms with Crippen molar-refractivity contribution in [2.75, 3.05) is 0 Å². The van der Waals surface area contributed by atoms with Gasteiger partial charge in [0.05, 0.1) is 0 Å². The molecule has 1 aromatic heterocycles. The lowest BCUT2D eigenvalue weighted by Gasteiger charge is -2.11. The highest BCUT2D eigenvalue weighted by atomic mass is 79.9. The molecule has 0 bridgehead atoms. The molecule has 0 aliphatic rings. The monoisotopic (exact) mass is 249 g/mol. The largest absolute Gasteiger partial charge is 0.386 e. The first-order valence-electron chi connectivity index (χ1n) is 3.72. The van der Waals surface area contributed by atoms with Crippen molar-refractivity contribution in [3.05, 3.63) is 20.3 Å². The Morgan fingerprint density at radius 2 is 2.25 bits per heavy atom. The van der Waals surface area contributed by atoms with Crippen LogP contribution >= 0.6 is 27.3 Å². The van der Waals surface area contributed by atoms with Crippen molar-refractivity contribution >= 4 is 27.3 Å². The third-order valence-electron chi connectivity index (χ3n) is 1.67. The first-order valence-corrected chi connectivity index (χ1v) is 5.32. The van der Waals surface area contributed by atoms with Crippen LogP contribution in [0.2, 0.25) is 0 Å². The molecule has 68 valence electrons. The van der Waals surface area contributed by atoms with Crippen LogP contribution in [0.25, 0.3) is 0 Å². The number of nitrogens with two attached hydrogens (primary N) is 1. The third kappa shape index (κ3) is 2.07. The summed E-state index contributed by atoms with van der Waals surface area (Å²) in [5.41, 5.74) is 5.57. The highest BCUT2D eigenvalue weighted by molar-refractivity contribution is 9.10. The molecule has 0 radical (unpaired) electrons. The molecule has 1 rings (SSSR count). The number of hydrogen-bond acceptors (Lipinski definition) is 3. The zero-order valence-corrected chi connectivity index (χ0v) is 9.45. The summed E-state index contributed by atoms with van der Waals surface area (Å²) in [6.07, 6.45) is -0.542. The number of thiophene rings is 1. The topological polar surface area (TPSA) is 46.2 Å². The second kappa shape index (κ2) is 3.87. The van der Waals surface area contributed by atoms with Gasteiger partial charge in [0.15, 0.2) is 0 Å². The lowest BCUT2D eigenvalue weighted by atomic mass is 10.2. The first-order chi connectivity index (χ1) is 5.52. The molecule has 3 N–H and O–H groups in total.